The number of benzene rings is 10. The number of para-hydroxylation sites is 6. The number of hydrogen-bond acceptors (Lipinski definition) is 4. The SMILES string of the molecule is C1=CC2=C(CC1)c1cc(N(c3ccc(-c4cccc5c4oc4ccccc45)cc3)c3ccc4c(c3)C3(c5ccccc5Oc5ccccc53)c3ccccc3-4)ccc1C21c2ccccc2Oc2ccccc21. The minimum Gasteiger partial charge on any atom is -0.457 e. The molecule has 0 saturated carbocycles. The molecule has 0 N–H and O–H groups in total. The molecule has 3 aliphatic carbocycles. The van der Waals surface area contributed by atoms with Gasteiger partial charge in [0.1, 0.15) is 34.2 Å². The maximum atomic E-state index is 6.75. The Morgan fingerprint density at radius 3 is 1.61 bits per heavy atom. The molecule has 338 valence electrons. The van der Waals surface area contributed by atoms with Crippen molar-refractivity contribution in [3.8, 4) is 45.3 Å². The molecule has 0 fully saturated rings. The van der Waals surface area contributed by atoms with E-state index in [0.717, 1.165) is 97.1 Å². The maximum absolute atomic E-state index is 6.75. The third-order valence-electron chi connectivity index (χ3n) is 16.3. The third kappa shape index (κ3) is 5.15. The van der Waals surface area contributed by atoms with Crippen LogP contribution in [0, 0.1) is 0 Å². The lowest BCUT2D eigenvalue weighted by atomic mass is 9.65. The zero-order chi connectivity index (χ0) is 47.1. The van der Waals surface area contributed by atoms with Gasteiger partial charge >= 0.3 is 0 Å². The summed E-state index contributed by atoms with van der Waals surface area (Å²) >= 11 is 0. The summed E-state index contributed by atoms with van der Waals surface area (Å²) in [6.07, 6.45) is 6.70. The van der Waals surface area contributed by atoms with Crippen LogP contribution in [0.2, 0.25) is 0 Å². The first-order valence-corrected chi connectivity index (χ1v) is 25.0. The number of fused-ring (bicyclic) bond motifs is 20. The quantitative estimate of drug-likeness (QED) is 0.176. The number of allylic oxidation sites excluding steroid dienone is 4. The van der Waals surface area contributed by atoms with Crippen molar-refractivity contribution in [1.82, 2.24) is 0 Å². The van der Waals surface area contributed by atoms with Crippen LogP contribution in [0.5, 0.6) is 23.0 Å². The summed E-state index contributed by atoms with van der Waals surface area (Å²) in [6.45, 7) is 0. The van der Waals surface area contributed by atoms with Crippen LogP contribution in [-0.4, -0.2) is 0 Å². The fourth-order valence-electron chi connectivity index (χ4n) is 13.5. The van der Waals surface area contributed by atoms with Gasteiger partial charge in [0.05, 0.1) is 10.8 Å². The minimum absolute atomic E-state index is 0.523. The first-order valence-electron chi connectivity index (χ1n) is 25.0. The van der Waals surface area contributed by atoms with Gasteiger partial charge in [0.2, 0.25) is 0 Å². The van der Waals surface area contributed by atoms with Gasteiger partial charge in [-0.2, -0.15) is 0 Å². The van der Waals surface area contributed by atoms with Gasteiger partial charge in [-0.3, -0.25) is 0 Å². The van der Waals surface area contributed by atoms with Crippen molar-refractivity contribution < 1.29 is 13.9 Å². The Kier molecular flexibility index (Phi) is 8.11. The van der Waals surface area contributed by atoms with Crippen LogP contribution in [0.4, 0.5) is 17.1 Å². The smallest absolute Gasteiger partial charge is 0.143 e. The standard InChI is InChI=1S/C68H43NO3/c1-4-21-53-47(16-1)49-38-36-45(41-60(49)68(53)58-25-8-13-30-64(58)71-65-31-14-9-26-59(65)68)69(43-34-32-42(33-35-43)46-19-15-20-51-50-18-3-10-27-61(50)72-66(46)51)44-37-39-55-52(40-44)48-17-2-5-22-54(48)67(55)56-23-6-11-28-62(56)70-63-29-12-7-24-57(63)67/h1,3-16,18-41H,2,17H2. The molecule has 4 nitrogen and oxygen atoms in total. The molecule has 10 aromatic carbocycles. The van der Waals surface area contributed by atoms with E-state index in [1.54, 1.807) is 0 Å². The molecule has 0 bridgehead atoms. The molecule has 5 aliphatic rings. The second-order valence-electron chi connectivity index (χ2n) is 19.7. The molecule has 2 spiro atoms. The fourth-order valence-corrected chi connectivity index (χ4v) is 13.5. The molecule has 0 atom stereocenters. The van der Waals surface area contributed by atoms with Gasteiger partial charge in [0.25, 0.3) is 0 Å². The largest absolute Gasteiger partial charge is 0.457 e. The van der Waals surface area contributed by atoms with E-state index in [4.69, 9.17) is 13.9 Å². The van der Waals surface area contributed by atoms with Crippen molar-refractivity contribution in [2.75, 3.05) is 4.90 Å². The normalized spacial score (nSPS) is 15.4. The molecule has 0 radical (unpaired) electrons. The second kappa shape index (κ2) is 14.7. The highest BCUT2D eigenvalue weighted by atomic mass is 16.5. The van der Waals surface area contributed by atoms with Crippen molar-refractivity contribution in [2.45, 2.75) is 23.7 Å². The third-order valence-corrected chi connectivity index (χ3v) is 16.3. The van der Waals surface area contributed by atoms with Crippen molar-refractivity contribution in [3.05, 3.63) is 287 Å². The summed E-state index contributed by atoms with van der Waals surface area (Å²) < 4.78 is 20.0. The van der Waals surface area contributed by atoms with Crippen LogP contribution in [0.15, 0.2) is 247 Å². The van der Waals surface area contributed by atoms with Crippen LogP contribution in [-0.2, 0) is 10.8 Å². The van der Waals surface area contributed by atoms with Gasteiger partial charge in [-0.15, -0.1) is 0 Å². The highest BCUT2D eigenvalue weighted by Crippen LogP contribution is 2.65. The molecule has 3 heterocycles. The van der Waals surface area contributed by atoms with E-state index < -0.39 is 10.8 Å². The van der Waals surface area contributed by atoms with Crippen molar-refractivity contribution >= 4 is 44.6 Å². The molecule has 72 heavy (non-hydrogen) atoms. The van der Waals surface area contributed by atoms with Gasteiger partial charge in [0.15, 0.2) is 0 Å². The molecule has 0 unspecified atom stereocenters. The van der Waals surface area contributed by atoms with Gasteiger partial charge < -0.3 is 18.8 Å². The lowest BCUT2D eigenvalue weighted by Crippen LogP contribution is -2.33. The summed E-state index contributed by atoms with van der Waals surface area (Å²) in [7, 11) is 0. The average molecular weight is 922 g/mol. The Labute approximate surface area is 417 Å². The molecule has 0 amide bonds. The van der Waals surface area contributed by atoms with E-state index in [1.165, 1.54) is 55.7 Å². The van der Waals surface area contributed by atoms with Crippen molar-refractivity contribution in [1.29, 1.82) is 0 Å². The monoisotopic (exact) mass is 921 g/mol. The zero-order valence-electron chi connectivity index (χ0n) is 39.1. The van der Waals surface area contributed by atoms with Crippen molar-refractivity contribution in [3.63, 3.8) is 0 Å². The first kappa shape index (κ1) is 39.7. The number of nitrogens with zero attached hydrogens (tertiary/aromatic N) is 1. The highest BCUT2D eigenvalue weighted by Gasteiger charge is 2.53. The molecule has 16 rings (SSSR count). The molecule has 0 saturated heterocycles. The molecule has 11 aromatic rings. The van der Waals surface area contributed by atoms with E-state index in [-0.39, 0.29) is 0 Å². The van der Waals surface area contributed by atoms with Gasteiger partial charge in [0, 0.05) is 55.7 Å². The summed E-state index contributed by atoms with van der Waals surface area (Å²) in [5, 5.41) is 2.25. The van der Waals surface area contributed by atoms with Crippen molar-refractivity contribution in [2.24, 2.45) is 0 Å². The predicted octanol–water partition coefficient (Wildman–Crippen LogP) is 17.7. The first-order chi connectivity index (χ1) is 35.7. The van der Waals surface area contributed by atoms with E-state index in [2.05, 4.69) is 235 Å². The maximum Gasteiger partial charge on any atom is 0.143 e. The van der Waals surface area contributed by atoms with Crippen LogP contribution in [0.3, 0.4) is 0 Å². The van der Waals surface area contributed by atoms with Crippen LogP contribution >= 0.6 is 0 Å². The lowest BCUT2D eigenvalue weighted by Gasteiger charge is -2.40. The molecule has 4 heteroatoms. The Bertz CT molecular complexity index is 4100. The summed E-state index contributed by atoms with van der Waals surface area (Å²) in [5.74, 6) is 3.57. The van der Waals surface area contributed by atoms with Gasteiger partial charge in [-0.1, -0.05) is 170 Å². The van der Waals surface area contributed by atoms with Crippen LogP contribution < -0.4 is 14.4 Å². The summed E-state index contributed by atoms with van der Waals surface area (Å²) in [5.41, 5.74) is 21.0. The Hall–Kier alpha value is -9.12. The average Bonchev–Trinajstić information content (AvgIpc) is 4.07. The number of hydrogen-bond donors (Lipinski definition) is 0. The number of anilines is 3. The Morgan fingerprint density at radius 1 is 0.375 bits per heavy atom. The second-order valence-corrected chi connectivity index (χ2v) is 19.7. The van der Waals surface area contributed by atoms with Crippen LogP contribution in [0.25, 0.3) is 49.8 Å². The number of furan rings is 1. The molecule has 2 aliphatic heterocycles. The Morgan fingerprint density at radius 2 is 0.903 bits per heavy atom. The summed E-state index contributed by atoms with van der Waals surface area (Å²) in [6, 6.07) is 81.7. The predicted molar refractivity (Wildman–Crippen MR) is 289 cm³/mol. The van der Waals surface area contributed by atoms with Gasteiger partial charge in [-0.25, -0.2) is 0 Å². The minimum atomic E-state index is -0.615. The lowest BCUT2D eigenvalue weighted by molar-refractivity contribution is 0.435. The number of ether oxygens (including phenoxy) is 2. The number of rotatable bonds is 4. The van der Waals surface area contributed by atoms with Crippen LogP contribution in [0.1, 0.15) is 57.3 Å². The van der Waals surface area contributed by atoms with E-state index >= 15 is 0 Å². The highest BCUT2D eigenvalue weighted by molar-refractivity contribution is 6.09. The van der Waals surface area contributed by atoms with E-state index in [1.807, 2.05) is 6.07 Å². The van der Waals surface area contributed by atoms with E-state index in [0.29, 0.717) is 0 Å². The fraction of sp³-hybridized carbons (Fsp3) is 0.0588. The Balaban J connectivity index is 0.935. The topological polar surface area (TPSA) is 34.8 Å². The van der Waals surface area contributed by atoms with E-state index in [9.17, 15) is 0 Å². The molecule has 1 aromatic heterocycles. The zero-order valence-corrected chi connectivity index (χ0v) is 39.1. The summed E-state index contributed by atoms with van der Waals surface area (Å²) in [4.78, 5) is 2.47. The molecular formula is C68H43NO3. The van der Waals surface area contributed by atoms with Gasteiger partial charge in [-0.05, 0) is 130 Å². The molecular weight excluding hydrogens is 879 g/mol.